The highest BCUT2D eigenvalue weighted by molar-refractivity contribution is 5.92. The van der Waals surface area contributed by atoms with E-state index < -0.39 is 22.3 Å². The van der Waals surface area contributed by atoms with Crippen LogP contribution in [0.4, 0.5) is 5.69 Å². The molecule has 8 nitrogen and oxygen atoms in total. The summed E-state index contributed by atoms with van der Waals surface area (Å²) >= 11 is 0. The first kappa shape index (κ1) is 13.3. The van der Waals surface area contributed by atoms with E-state index in [1.165, 1.54) is 30.7 Å². The number of aromatic hydroxyl groups is 1. The third-order valence-corrected chi connectivity index (χ3v) is 2.32. The van der Waals surface area contributed by atoms with Gasteiger partial charge in [-0.3, -0.25) is 14.9 Å². The minimum Gasteiger partial charge on any atom is -0.502 e. The number of nitro benzene ring substituents is 1. The molecule has 1 heterocycles. The molecule has 0 saturated carbocycles. The lowest BCUT2D eigenvalue weighted by Crippen LogP contribution is -2.16. The highest BCUT2D eigenvalue weighted by atomic mass is 16.6. The fraction of sp³-hybridized carbons (Fsp3) is 0. The van der Waals surface area contributed by atoms with Gasteiger partial charge in [0.05, 0.1) is 17.4 Å². The minimum absolute atomic E-state index is 0.105. The van der Waals surface area contributed by atoms with Crippen LogP contribution in [0, 0.1) is 10.1 Å². The number of phenolic OH excluding ortho intramolecular Hbond substituents is 1. The standard InChI is InChI=1S/C12H9N3O5/c16-10-6-8(3-4-9(10)15(18)19)7-13-14-12(17)11-2-1-5-20-11/h1-7,16H,(H,14,17)/b13-7+. The Balaban J connectivity index is 2.03. The Kier molecular flexibility index (Phi) is 3.75. The van der Waals surface area contributed by atoms with Gasteiger partial charge < -0.3 is 9.52 Å². The van der Waals surface area contributed by atoms with Crippen molar-refractivity contribution >= 4 is 17.8 Å². The molecule has 0 bridgehead atoms. The third kappa shape index (κ3) is 2.99. The minimum atomic E-state index is -0.699. The van der Waals surface area contributed by atoms with Gasteiger partial charge in [-0.2, -0.15) is 5.10 Å². The van der Waals surface area contributed by atoms with E-state index in [9.17, 15) is 20.0 Å². The van der Waals surface area contributed by atoms with Crippen molar-refractivity contribution in [3.05, 3.63) is 58.0 Å². The van der Waals surface area contributed by atoms with Crippen LogP contribution < -0.4 is 5.43 Å². The zero-order valence-electron chi connectivity index (χ0n) is 10.0. The van der Waals surface area contributed by atoms with Gasteiger partial charge in [0.25, 0.3) is 0 Å². The molecule has 2 aromatic rings. The smallest absolute Gasteiger partial charge is 0.310 e. The number of carbonyl (C=O) groups is 1. The largest absolute Gasteiger partial charge is 0.502 e. The van der Waals surface area contributed by atoms with Crippen LogP contribution in [0.2, 0.25) is 0 Å². The lowest BCUT2D eigenvalue weighted by atomic mass is 10.2. The van der Waals surface area contributed by atoms with Crippen molar-refractivity contribution in [2.75, 3.05) is 0 Å². The lowest BCUT2D eigenvalue weighted by Gasteiger charge is -1.98. The quantitative estimate of drug-likeness (QED) is 0.499. The number of carbonyl (C=O) groups excluding carboxylic acids is 1. The number of nitrogens with one attached hydrogen (secondary N) is 1. The molecule has 20 heavy (non-hydrogen) atoms. The molecule has 0 atom stereocenters. The molecule has 0 fully saturated rings. The fourth-order valence-electron chi connectivity index (χ4n) is 1.40. The second kappa shape index (κ2) is 5.65. The number of phenols is 1. The first-order valence-electron chi connectivity index (χ1n) is 5.42. The highest BCUT2D eigenvalue weighted by Crippen LogP contribution is 2.25. The van der Waals surface area contributed by atoms with Gasteiger partial charge in [-0.25, -0.2) is 5.43 Å². The number of hydrogen-bond donors (Lipinski definition) is 2. The van der Waals surface area contributed by atoms with Crippen molar-refractivity contribution in [2.24, 2.45) is 5.10 Å². The molecule has 0 saturated heterocycles. The molecule has 0 radical (unpaired) electrons. The summed E-state index contributed by atoms with van der Waals surface area (Å²) in [7, 11) is 0. The summed E-state index contributed by atoms with van der Waals surface area (Å²) in [4.78, 5) is 21.3. The predicted octanol–water partition coefficient (Wildman–Crippen LogP) is 1.66. The number of rotatable bonds is 4. The Hall–Kier alpha value is -3.16. The van der Waals surface area contributed by atoms with E-state index in [1.807, 2.05) is 0 Å². The normalized spacial score (nSPS) is 10.6. The van der Waals surface area contributed by atoms with Gasteiger partial charge in [-0.1, -0.05) is 0 Å². The average Bonchev–Trinajstić information content (AvgIpc) is 2.92. The van der Waals surface area contributed by atoms with Crippen LogP contribution in [0.3, 0.4) is 0 Å². The van der Waals surface area contributed by atoms with Gasteiger partial charge in [-0.15, -0.1) is 0 Å². The van der Waals surface area contributed by atoms with Crippen molar-refractivity contribution in [1.82, 2.24) is 5.43 Å². The number of hydrazone groups is 1. The summed E-state index contributed by atoms with van der Waals surface area (Å²) < 4.78 is 4.86. The van der Waals surface area contributed by atoms with Crippen LogP contribution in [-0.4, -0.2) is 22.2 Å². The second-order valence-corrected chi connectivity index (χ2v) is 3.68. The summed E-state index contributed by atoms with van der Waals surface area (Å²) in [5, 5.41) is 23.6. The molecule has 2 N–H and O–H groups in total. The topological polar surface area (TPSA) is 118 Å². The first-order chi connectivity index (χ1) is 9.58. The number of furan rings is 1. The lowest BCUT2D eigenvalue weighted by molar-refractivity contribution is -0.385. The molecule has 0 unspecified atom stereocenters. The average molecular weight is 275 g/mol. The summed E-state index contributed by atoms with van der Waals surface area (Å²) in [6.45, 7) is 0. The molecular formula is C12H9N3O5. The second-order valence-electron chi connectivity index (χ2n) is 3.68. The Morgan fingerprint density at radius 1 is 1.45 bits per heavy atom. The Labute approximate surface area is 112 Å². The Morgan fingerprint density at radius 2 is 2.25 bits per heavy atom. The number of nitro groups is 1. The van der Waals surface area contributed by atoms with E-state index in [2.05, 4.69) is 10.5 Å². The van der Waals surface area contributed by atoms with Gasteiger partial charge in [0.1, 0.15) is 0 Å². The first-order valence-corrected chi connectivity index (χ1v) is 5.42. The maximum Gasteiger partial charge on any atom is 0.310 e. The molecule has 1 aromatic carbocycles. The van der Waals surface area contributed by atoms with Gasteiger partial charge in [0.2, 0.25) is 0 Å². The van der Waals surface area contributed by atoms with E-state index in [4.69, 9.17) is 4.42 Å². The maximum atomic E-state index is 11.4. The highest BCUT2D eigenvalue weighted by Gasteiger charge is 2.12. The number of amides is 1. The Morgan fingerprint density at radius 3 is 2.85 bits per heavy atom. The van der Waals surface area contributed by atoms with Crippen molar-refractivity contribution in [3.8, 4) is 5.75 Å². The van der Waals surface area contributed by atoms with E-state index in [1.54, 1.807) is 6.07 Å². The number of nitrogens with zero attached hydrogens (tertiary/aromatic N) is 2. The van der Waals surface area contributed by atoms with Crippen molar-refractivity contribution in [1.29, 1.82) is 0 Å². The van der Waals surface area contributed by atoms with Crippen molar-refractivity contribution in [3.63, 3.8) is 0 Å². The molecule has 0 aliphatic carbocycles. The van der Waals surface area contributed by atoms with Crippen molar-refractivity contribution in [2.45, 2.75) is 0 Å². The van der Waals surface area contributed by atoms with Crippen LogP contribution in [0.25, 0.3) is 0 Å². The molecule has 1 amide bonds. The van der Waals surface area contributed by atoms with E-state index in [0.29, 0.717) is 5.56 Å². The number of benzene rings is 1. The molecule has 0 aliphatic heterocycles. The summed E-state index contributed by atoms with van der Waals surface area (Å²) in [5.74, 6) is -0.901. The molecule has 0 spiro atoms. The van der Waals surface area contributed by atoms with Gasteiger partial charge in [0.15, 0.2) is 11.5 Å². The summed E-state index contributed by atoms with van der Waals surface area (Å²) in [6.07, 6.45) is 2.59. The monoisotopic (exact) mass is 275 g/mol. The number of hydrogen-bond acceptors (Lipinski definition) is 6. The fourth-order valence-corrected chi connectivity index (χ4v) is 1.40. The van der Waals surface area contributed by atoms with E-state index >= 15 is 0 Å². The Bertz CT molecular complexity index is 664. The van der Waals surface area contributed by atoms with Crippen molar-refractivity contribution < 1.29 is 19.2 Å². The third-order valence-electron chi connectivity index (χ3n) is 2.32. The van der Waals surface area contributed by atoms with Crippen LogP contribution in [0.15, 0.2) is 46.1 Å². The van der Waals surface area contributed by atoms with Gasteiger partial charge >= 0.3 is 11.6 Å². The van der Waals surface area contributed by atoms with Crippen LogP contribution in [0.5, 0.6) is 5.75 Å². The van der Waals surface area contributed by atoms with Crippen LogP contribution >= 0.6 is 0 Å². The SMILES string of the molecule is O=C(N/N=C/c1ccc([N+](=O)[O-])c(O)c1)c1ccco1. The zero-order valence-corrected chi connectivity index (χ0v) is 10.0. The van der Waals surface area contributed by atoms with Crippen LogP contribution in [0.1, 0.15) is 16.1 Å². The molecule has 102 valence electrons. The van der Waals surface area contributed by atoms with Crippen LogP contribution in [-0.2, 0) is 0 Å². The van der Waals surface area contributed by atoms with E-state index in [0.717, 1.165) is 6.07 Å². The maximum absolute atomic E-state index is 11.4. The summed E-state index contributed by atoms with van der Waals surface area (Å²) in [5.41, 5.74) is 2.21. The summed E-state index contributed by atoms with van der Waals surface area (Å²) in [6, 6.07) is 6.74. The van der Waals surface area contributed by atoms with Gasteiger partial charge in [-0.05, 0) is 29.8 Å². The molecule has 0 aliphatic rings. The zero-order chi connectivity index (χ0) is 14.5. The molecule has 2 rings (SSSR count). The molecule has 1 aromatic heterocycles. The van der Waals surface area contributed by atoms with Gasteiger partial charge in [0, 0.05) is 6.07 Å². The predicted molar refractivity (Wildman–Crippen MR) is 68.5 cm³/mol. The molecular weight excluding hydrogens is 266 g/mol. The molecule has 8 heteroatoms. The van der Waals surface area contributed by atoms with E-state index in [-0.39, 0.29) is 5.76 Å².